The average molecular weight is 166 g/mol. The summed E-state index contributed by atoms with van der Waals surface area (Å²) in [5.74, 6) is 0.124. The zero-order chi connectivity index (χ0) is 7.84. The van der Waals surface area contributed by atoms with Gasteiger partial charge in [-0.1, -0.05) is 18.2 Å². The highest BCUT2D eigenvalue weighted by Crippen LogP contribution is 2.27. The molecule has 0 saturated heterocycles. The molecule has 1 N–H and O–H groups in total. The molecular weight excluding hydrogens is 160 g/mol. The largest absolute Gasteiger partial charge is 0.507 e. The zero-order valence-electron chi connectivity index (χ0n) is 5.65. The summed E-state index contributed by atoms with van der Waals surface area (Å²) in [5.41, 5.74) is 0.686. The maximum atomic E-state index is 11.2. The van der Waals surface area contributed by atoms with Crippen LogP contribution in [0.2, 0.25) is 0 Å². The first-order valence-electron chi connectivity index (χ1n) is 3.20. The first kappa shape index (κ1) is 6.61. The van der Waals surface area contributed by atoms with Crippen LogP contribution < -0.4 is 0 Å². The third kappa shape index (κ3) is 0.886. The van der Waals surface area contributed by atoms with E-state index in [4.69, 9.17) is 0 Å². The van der Waals surface area contributed by atoms with E-state index < -0.39 is 10.8 Å². The SMILES string of the molecule is O=S1C=C(O)c2ccccc21. The van der Waals surface area contributed by atoms with Crippen molar-refractivity contribution in [2.75, 3.05) is 0 Å². The van der Waals surface area contributed by atoms with E-state index in [-0.39, 0.29) is 5.76 Å². The van der Waals surface area contributed by atoms with Crippen LogP contribution in [0.3, 0.4) is 0 Å². The fourth-order valence-corrected chi connectivity index (χ4v) is 2.14. The normalized spacial score (nSPS) is 21.1. The predicted octanol–water partition coefficient (Wildman–Crippen LogP) is 1.66. The molecule has 1 heterocycles. The van der Waals surface area contributed by atoms with Crippen molar-refractivity contribution < 1.29 is 9.32 Å². The lowest BCUT2D eigenvalue weighted by Crippen LogP contribution is -1.83. The number of aliphatic hydroxyl groups is 1. The smallest absolute Gasteiger partial charge is 0.133 e. The van der Waals surface area contributed by atoms with Crippen molar-refractivity contribution in [1.82, 2.24) is 0 Å². The molecular formula is C8H6O2S. The molecule has 0 spiro atoms. The Bertz CT molecular complexity index is 355. The number of aliphatic hydroxyl groups excluding tert-OH is 1. The quantitative estimate of drug-likeness (QED) is 0.636. The molecule has 0 radical (unpaired) electrons. The summed E-state index contributed by atoms with van der Waals surface area (Å²) < 4.78 is 11.2. The monoisotopic (exact) mass is 166 g/mol. The molecule has 0 saturated carbocycles. The number of fused-ring (bicyclic) bond motifs is 1. The van der Waals surface area contributed by atoms with E-state index in [1.807, 2.05) is 12.1 Å². The second-order valence-electron chi connectivity index (χ2n) is 2.30. The van der Waals surface area contributed by atoms with Gasteiger partial charge in [0.05, 0.1) is 15.7 Å². The van der Waals surface area contributed by atoms with Crippen molar-refractivity contribution in [3.63, 3.8) is 0 Å². The van der Waals surface area contributed by atoms with Crippen LogP contribution in [-0.2, 0) is 10.8 Å². The van der Waals surface area contributed by atoms with Crippen molar-refractivity contribution >= 4 is 16.6 Å². The topological polar surface area (TPSA) is 37.3 Å². The van der Waals surface area contributed by atoms with Crippen LogP contribution >= 0.6 is 0 Å². The van der Waals surface area contributed by atoms with E-state index in [0.29, 0.717) is 10.5 Å². The Morgan fingerprint density at radius 1 is 1.27 bits per heavy atom. The summed E-state index contributed by atoms with van der Waals surface area (Å²) in [7, 11) is -1.14. The van der Waals surface area contributed by atoms with Crippen LogP contribution in [0.1, 0.15) is 5.56 Å². The lowest BCUT2D eigenvalue weighted by Gasteiger charge is -1.95. The van der Waals surface area contributed by atoms with Crippen molar-refractivity contribution in [3.05, 3.63) is 35.2 Å². The molecule has 1 aromatic carbocycles. The van der Waals surface area contributed by atoms with Gasteiger partial charge in [-0.25, -0.2) is 4.21 Å². The van der Waals surface area contributed by atoms with Gasteiger partial charge < -0.3 is 5.11 Å². The van der Waals surface area contributed by atoms with Gasteiger partial charge in [-0.3, -0.25) is 0 Å². The third-order valence-electron chi connectivity index (χ3n) is 1.60. The van der Waals surface area contributed by atoms with Crippen LogP contribution in [0.25, 0.3) is 5.76 Å². The Morgan fingerprint density at radius 3 is 2.73 bits per heavy atom. The standard InChI is InChI=1S/C8H6O2S/c9-7-5-11(10)8-4-2-1-3-6(7)8/h1-5,9H. The van der Waals surface area contributed by atoms with Gasteiger partial charge in [0.1, 0.15) is 5.76 Å². The molecule has 1 aliphatic heterocycles. The van der Waals surface area contributed by atoms with Gasteiger partial charge >= 0.3 is 0 Å². The van der Waals surface area contributed by atoms with Crippen LogP contribution in [0.4, 0.5) is 0 Å². The van der Waals surface area contributed by atoms with Crippen molar-refractivity contribution in [1.29, 1.82) is 0 Å². The molecule has 1 aromatic rings. The molecule has 0 fully saturated rings. The highest BCUT2D eigenvalue weighted by Gasteiger charge is 2.17. The first-order valence-corrected chi connectivity index (χ1v) is 4.41. The Hall–Kier alpha value is -1.09. The number of hydrogen-bond acceptors (Lipinski definition) is 2. The van der Waals surface area contributed by atoms with Gasteiger partial charge in [0.25, 0.3) is 0 Å². The van der Waals surface area contributed by atoms with Crippen molar-refractivity contribution in [2.45, 2.75) is 4.90 Å². The predicted molar refractivity (Wildman–Crippen MR) is 43.5 cm³/mol. The van der Waals surface area contributed by atoms with Crippen LogP contribution in [-0.4, -0.2) is 9.32 Å². The number of rotatable bonds is 0. The minimum absolute atomic E-state index is 0.124. The van der Waals surface area contributed by atoms with Gasteiger partial charge in [0.15, 0.2) is 0 Å². The Labute approximate surface area is 66.6 Å². The van der Waals surface area contributed by atoms with Crippen LogP contribution in [0.15, 0.2) is 34.6 Å². The van der Waals surface area contributed by atoms with E-state index in [0.717, 1.165) is 0 Å². The lowest BCUT2D eigenvalue weighted by molar-refractivity contribution is 0.512. The second-order valence-corrected chi connectivity index (χ2v) is 3.57. The molecule has 0 aliphatic carbocycles. The number of hydrogen-bond donors (Lipinski definition) is 1. The van der Waals surface area contributed by atoms with E-state index in [2.05, 4.69) is 0 Å². The summed E-state index contributed by atoms with van der Waals surface area (Å²) in [5, 5.41) is 10.6. The summed E-state index contributed by atoms with van der Waals surface area (Å²) in [6.45, 7) is 0. The van der Waals surface area contributed by atoms with Crippen molar-refractivity contribution in [2.24, 2.45) is 0 Å². The van der Waals surface area contributed by atoms with Gasteiger partial charge in [0, 0.05) is 11.0 Å². The number of benzene rings is 1. The summed E-state index contributed by atoms with van der Waals surface area (Å²) in [6.07, 6.45) is 0. The van der Waals surface area contributed by atoms with Gasteiger partial charge in [-0.05, 0) is 6.07 Å². The summed E-state index contributed by atoms with van der Waals surface area (Å²) >= 11 is 0. The highest BCUT2D eigenvalue weighted by atomic mass is 32.2. The van der Waals surface area contributed by atoms with Crippen molar-refractivity contribution in [3.8, 4) is 0 Å². The summed E-state index contributed by atoms with van der Waals surface area (Å²) in [4.78, 5) is 0.699. The van der Waals surface area contributed by atoms with E-state index in [1.165, 1.54) is 5.41 Å². The fraction of sp³-hybridized carbons (Fsp3) is 0. The molecule has 56 valence electrons. The molecule has 3 heteroatoms. The minimum atomic E-state index is -1.14. The van der Waals surface area contributed by atoms with Gasteiger partial charge in [-0.2, -0.15) is 0 Å². The van der Waals surface area contributed by atoms with E-state index in [9.17, 15) is 9.32 Å². The first-order chi connectivity index (χ1) is 5.29. The van der Waals surface area contributed by atoms with Gasteiger partial charge in [0.2, 0.25) is 0 Å². The highest BCUT2D eigenvalue weighted by molar-refractivity contribution is 7.88. The second kappa shape index (κ2) is 2.20. The van der Waals surface area contributed by atoms with Crippen LogP contribution in [0, 0.1) is 0 Å². The van der Waals surface area contributed by atoms with E-state index >= 15 is 0 Å². The molecule has 2 nitrogen and oxygen atoms in total. The Kier molecular flexibility index (Phi) is 1.32. The Morgan fingerprint density at radius 2 is 2.00 bits per heavy atom. The zero-order valence-corrected chi connectivity index (χ0v) is 6.47. The fourth-order valence-electron chi connectivity index (χ4n) is 1.08. The molecule has 0 bridgehead atoms. The maximum Gasteiger partial charge on any atom is 0.133 e. The molecule has 1 unspecified atom stereocenters. The lowest BCUT2D eigenvalue weighted by atomic mass is 10.2. The molecule has 1 aliphatic rings. The minimum Gasteiger partial charge on any atom is -0.507 e. The third-order valence-corrected chi connectivity index (χ3v) is 2.83. The van der Waals surface area contributed by atoms with Crippen LogP contribution in [0.5, 0.6) is 0 Å². The van der Waals surface area contributed by atoms with Gasteiger partial charge in [-0.15, -0.1) is 0 Å². The molecule has 11 heavy (non-hydrogen) atoms. The molecule has 1 atom stereocenters. The van der Waals surface area contributed by atoms with E-state index in [1.54, 1.807) is 12.1 Å². The molecule has 0 aromatic heterocycles. The molecule has 2 rings (SSSR count). The maximum absolute atomic E-state index is 11.2. The summed E-state index contributed by atoms with van der Waals surface area (Å²) in [6, 6.07) is 7.13. The average Bonchev–Trinajstić information content (AvgIpc) is 2.30. The molecule has 0 amide bonds. The Balaban J connectivity index is 2.71.